The van der Waals surface area contributed by atoms with Gasteiger partial charge in [-0.3, -0.25) is 4.90 Å². The van der Waals surface area contributed by atoms with Crippen LogP contribution in [0.15, 0.2) is 0 Å². The van der Waals surface area contributed by atoms with Crippen molar-refractivity contribution in [3.05, 3.63) is 0 Å². The average Bonchev–Trinajstić information content (AvgIpc) is 3.14. The number of fused-ring (bicyclic) bond motifs is 1. The predicted octanol–water partition coefficient (Wildman–Crippen LogP) is 0.742. The third-order valence-electron chi connectivity index (χ3n) is 5.12. The highest BCUT2D eigenvalue weighted by molar-refractivity contribution is 7.86. The number of hydrogen-bond donors (Lipinski definition) is 0. The van der Waals surface area contributed by atoms with E-state index in [9.17, 15) is 8.42 Å². The molecule has 3 rings (SSSR count). The highest BCUT2D eigenvalue weighted by Gasteiger charge is 2.41. The average molecular weight is 287 g/mol. The Kier molecular flexibility index (Phi) is 3.62. The second-order valence-electron chi connectivity index (χ2n) is 6.29. The van der Waals surface area contributed by atoms with Crippen LogP contribution >= 0.6 is 0 Å². The van der Waals surface area contributed by atoms with Gasteiger partial charge in [0.1, 0.15) is 0 Å². The van der Waals surface area contributed by atoms with Gasteiger partial charge >= 0.3 is 0 Å². The van der Waals surface area contributed by atoms with Gasteiger partial charge < -0.3 is 0 Å². The highest BCUT2D eigenvalue weighted by atomic mass is 32.2. The first-order valence-corrected chi connectivity index (χ1v) is 8.87. The summed E-state index contributed by atoms with van der Waals surface area (Å²) in [6.45, 7) is 5.42. The maximum absolute atomic E-state index is 12.7. The monoisotopic (exact) mass is 287 g/mol. The molecule has 6 heteroatoms. The lowest BCUT2D eigenvalue weighted by molar-refractivity contribution is 0.151. The molecule has 5 nitrogen and oxygen atoms in total. The smallest absolute Gasteiger partial charge is 0.282 e. The van der Waals surface area contributed by atoms with Gasteiger partial charge in [0.05, 0.1) is 0 Å². The molecule has 1 aliphatic carbocycles. The molecule has 0 aromatic rings. The van der Waals surface area contributed by atoms with Crippen LogP contribution < -0.4 is 0 Å². The molecule has 110 valence electrons. The molecule has 2 atom stereocenters. The summed E-state index contributed by atoms with van der Waals surface area (Å²) in [7, 11) is -1.52. The lowest BCUT2D eigenvalue weighted by atomic mass is 10.2. The Labute approximate surface area is 116 Å². The van der Waals surface area contributed by atoms with Gasteiger partial charge in [0, 0.05) is 38.8 Å². The fourth-order valence-electron chi connectivity index (χ4n) is 3.44. The normalized spacial score (nSPS) is 31.6. The topological polar surface area (TPSA) is 43.9 Å². The molecule has 0 aromatic carbocycles. The summed E-state index contributed by atoms with van der Waals surface area (Å²) in [4.78, 5) is 2.44. The molecular formula is C13H25N3O2S. The van der Waals surface area contributed by atoms with Crippen molar-refractivity contribution in [3.63, 3.8) is 0 Å². The van der Waals surface area contributed by atoms with Gasteiger partial charge in [0.15, 0.2) is 0 Å². The van der Waals surface area contributed by atoms with E-state index in [0.717, 1.165) is 19.5 Å². The van der Waals surface area contributed by atoms with E-state index in [0.29, 0.717) is 25.0 Å². The summed E-state index contributed by atoms with van der Waals surface area (Å²) in [5.74, 6) is 0.576. The molecule has 2 saturated heterocycles. The summed E-state index contributed by atoms with van der Waals surface area (Å²) in [6.07, 6.45) is 4.72. The van der Waals surface area contributed by atoms with Crippen molar-refractivity contribution in [2.75, 3.05) is 33.2 Å². The fraction of sp³-hybridized carbons (Fsp3) is 1.00. The molecule has 2 heterocycles. The first kappa shape index (κ1) is 13.8. The van der Waals surface area contributed by atoms with Crippen LogP contribution in [0.25, 0.3) is 0 Å². The maximum Gasteiger partial charge on any atom is 0.282 e. The minimum absolute atomic E-state index is 0.145. The molecule has 3 fully saturated rings. The quantitative estimate of drug-likeness (QED) is 0.766. The van der Waals surface area contributed by atoms with Crippen LogP contribution in [0.1, 0.15) is 32.6 Å². The van der Waals surface area contributed by atoms with Gasteiger partial charge in [-0.15, -0.1) is 0 Å². The van der Waals surface area contributed by atoms with Crippen molar-refractivity contribution in [2.45, 2.75) is 44.7 Å². The largest absolute Gasteiger partial charge is 0.298 e. The van der Waals surface area contributed by atoms with Crippen molar-refractivity contribution >= 4 is 10.2 Å². The first-order valence-electron chi connectivity index (χ1n) is 7.47. The van der Waals surface area contributed by atoms with Gasteiger partial charge in [-0.1, -0.05) is 0 Å². The maximum atomic E-state index is 12.7. The zero-order valence-corrected chi connectivity index (χ0v) is 12.8. The third kappa shape index (κ3) is 2.55. The summed E-state index contributed by atoms with van der Waals surface area (Å²) in [6, 6.07) is 0.597. The Hall–Kier alpha value is -0.170. The standard InChI is InChI=1S/C13H25N3O2S/c1-11(12-5-6-12)14(2)19(17,18)16-9-8-15-7-3-4-13(15)10-16/h11-13H,3-10H2,1-2H3/t11-,13+/m0/s1. The Morgan fingerprint density at radius 3 is 2.58 bits per heavy atom. The molecule has 19 heavy (non-hydrogen) atoms. The van der Waals surface area contributed by atoms with Gasteiger partial charge in [0.2, 0.25) is 0 Å². The van der Waals surface area contributed by atoms with E-state index in [1.807, 2.05) is 6.92 Å². The Balaban J connectivity index is 1.69. The fourth-order valence-corrected chi connectivity index (χ4v) is 5.07. The molecule has 0 amide bonds. The van der Waals surface area contributed by atoms with Crippen molar-refractivity contribution in [1.82, 2.24) is 13.5 Å². The second kappa shape index (κ2) is 4.98. The van der Waals surface area contributed by atoms with E-state index in [1.165, 1.54) is 19.3 Å². The molecule has 0 aromatic heterocycles. The van der Waals surface area contributed by atoms with Gasteiger partial charge in [-0.05, 0) is 45.1 Å². The van der Waals surface area contributed by atoms with E-state index in [4.69, 9.17) is 0 Å². The third-order valence-corrected chi connectivity index (χ3v) is 7.16. The number of piperazine rings is 1. The second-order valence-corrected chi connectivity index (χ2v) is 8.28. The van der Waals surface area contributed by atoms with Crippen molar-refractivity contribution in [3.8, 4) is 0 Å². The molecule has 3 aliphatic rings. The summed E-state index contributed by atoms with van der Waals surface area (Å²) in [5.41, 5.74) is 0. The van der Waals surface area contributed by atoms with E-state index in [1.54, 1.807) is 15.7 Å². The molecule has 0 spiro atoms. The zero-order valence-electron chi connectivity index (χ0n) is 12.0. The van der Waals surface area contributed by atoms with Crippen LogP contribution in [0.2, 0.25) is 0 Å². The van der Waals surface area contributed by atoms with Crippen LogP contribution in [0.3, 0.4) is 0 Å². The van der Waals surface area contributed by atoms with Crippen LogP contribution in [0, 0.1) is 5.92 Å². The molecule has 2 aliphatic heterocycles. The minimum Gasteiger partial charge on any atom is -0.298 e. The van der Waals surface area contributed by atoms with Crippen molar-refractivity contribution in [1.29, 1.82) is 0 Å². The van der Waals surface area contributed by atoms with E-state index in [2.05, 4.69) is 4.90 Å². The highest BCUT2D eigenvalue weighted by Crippen LogP contribution is 2.36. The lowest BCUT2D eigenvalue weighted by Crippen LogP contribution is -2.56. The van der Waals surface area contributed by atoms with Gasteiger partial charge in [0.25, 0.3) is 10.2 Å². The van der Waals surface area contributed by atoms with E-state index in [-0.39, 0.29) is 6.04 Å². The molecule has 0 unspecified atom stereocenters. The van der Waals surface area contributed by atoms with E-state index >= 15 is 0 Å². The molecule has 1 saturated carbocycles. The summed E-state index contributed by atoms with van der Waals surface area (Å²) < 4.78 is 28.7. The molecule has 0 bridgehead atoms. The first-order chi connectivity index (χ1) is 9.00. The van der Waals surface area contributed by atoms with E-state index < -0.39 is 10.2 Å². The van der Waals surface area contributed by atoms with Crippen LogP contribution in [0.5, 0.6) is 0 Å². The van der Waals surface area contributed by atoms with Crippen LogP contribution in [-0.4, -0.2) is 67.2 Å². The number of rotatable bonds is 4. The van der Waals surface area contributed by atoms with Gasteiger partial charge in [-0.25, -0.2) is 0 Å². The molecule has 0 N–H and O–H groups in total. The summed E-state index contributed by atoms with van der Waals surface area (Å²) in [5, 5.41) is 0. The van der Waals surface area contributed by atoms with Crippen LogP contribution in [-0.2, 0) is 10.2 Å². The number of hydrogen-bond acceptors (Lipinski definition) is 3. The SMILES string of the molecule is C[C@@H](C1CC1)N(C)S(=O)(=O)N1CCN2CCC[C@@H]2C1. The van der Waals surface area contributed by atoms with Gasteiger partial charge in [-0.2, -0.15) is 17.0 Å². The summed E-state index contributed by atoms with van der Waals surface area (Å²) >= 11 is 0. The van der Waals surface area contributed by atoms with Crippen molar-refractivity contribution < 1.29 is 8.42 Å². The molecular weight excluding hydrogens is 262 g/mol. The zero-order chi connectivity index (χ0) is 13.6. The van der Waals surface area contributed by atoms with Crippen LogP contribution in [0.4, 0.5) is 0 Å². The Morgan fingerprint density at radius 2 is 1.89 bits per heavy atom. The minimum atomic E-state index is -3.26. The molecule has 0 radical (unpaired) electrons. The Bertz CT molecular complexity index is 435. The Morgan fingerprint density at radius 1 is 1.16 bits per heavy atom. The van der Waals surface area contributed by atoms with Crippen molar-refractivity contribution in [2.24, 2.45) is 5.92 Å². The number of nitrogens with zero attached hydrogens (tertiary/aromatic N) is 3. The predicted molar refractivity (Wildman–Crippen MR) is 75.0 cm³/mol. The lowest BCUT2D eigenvalue weighted by Gasteiger charge is -2.39.